The van der Waals surface area contributed by atoms with Gasteiger partial charge in [-0.15, -0.1) is 0 Å². The minimum Gasteiger partial charge on any atom is -0.481 e. The summed E-state index contributed by atoms with van der Waals surface area (Å²) in [6.07, 6.45) is 3.30. The Balaban J connectivity index is 1.90. The molecule has 2 aliphatic rings. The summed E-state index contributed by atoms with van der Waals surface area (Å²) in [4.78, 5) is 26.7. The second-order valence-corrected chi connectivity index (χ2v) is 5.48. The van der Waals surface area contributed by atoms with E-state index in [0.29, 0.717) is 32.0 Å². The van der Waals surface area contributed by atoms with Crippen molar-refractivity contribution in [2.45, 2.75) is 38.6 Å². The van der Waals surface area contributed by atoms with Gasteiger partial charge in [-0.2, -0.15) is 0 Å². The zero-order valence-corrected chi connectivity index (χ0v) is 10.5. The second kappa shape index (κ2) is 4.20. The lowest BCUT2D eigenvalue weighted by atomic mass is 9.80. The molecule has 2 rings (SSSR count). The van der Waals surface area contributed by atoms with Crippen LogP contribution in [0.2, 0.25) is 0 Å². The number of piperidine rings is 1. The average molecular weight is 240 g/mol. The van der Waals surface area contributed by atoms with Crippen LogP contribution in [0.4, 0.5) is 4.79 Å². The number of aliphatic carboxylic acids is 1. The van der Waals surface area contributed by atoms with Crippen molar-refractivity contribution < 1.29 is 14.7 Å². The van der Waals surface area contributed by atoms with E-state index in [1.807, 2.05) is 7.05 Å². The van der Waals surface area contributed by atoms with Gasteiger partial charge in [-0.25, -0.2) is 4.79 Å². The standard InChI is InChI=1S/C12H20N2O3/c1-12(10(15)16)5-7-14(8-6-12)11(17)13(2)9-3-4-9/h9H,3-8H2,1-2H3,(H,15,16). The molecule has 0 atom stereocenters. The Morgan fingerprint density at radius 3 is 2.24 bits per heavy atom. The molecule has 1 aliphatic carbocycles. The molecule has 2 fully saturated rings. The highest BCUT2D eigenvalue weighted by Gasteiger charge is 2.40. The molecule has 0 aromatic carbocycles. The van der Waals surface area contributed by atoms with Crippen molar-refractivity contribution in [3.63, 3.8) is 0 Å². The van der Waals surface area contributed by atoms with Crippen molar-refractivity contribution in [1.29, 1.82) is 0 Å². The summed E-state index contributed by atoms with van der Waals surface area (Å²) in [5, 5.41) is 9.12. The predicted octanol–water partition coefficient (Wildman–Crippen LogP) is 1.39. The number of likely N-dealkylation sites (tertiary alicyclic amines) is 1. The molecule has 5 nitrogen and oxygen atoms in total. The first-order chi connectivity index (χ1) is 7.94. The highest BCUT2D eigenvalue weighted by Crippen LogP contribution is 2.32. The van der Waals surface area contributed by atoms with Crippen LogP contribution in [-0.4, -0.2) is 53.1 Å². The third-order valence-electron chi connectivity index (χ3n) is 4.05. The summed E-state index contributed by atoms with van der Waals surface area (Å²) >= 11 is 0. The maximum Gasteiger partial charge on any atom is 0.319 e. The lowest BCUT2D eigenvalue weighted by Gasteiger charge is -2.38. The molecule has 0 unspecified atom stereocenters. The molecular formula is C12H20N2O3. The van der Waals surface area contributed by atoms with Gasteiger partial charge < -0.3 is 14.9 Å². The molecule has 17 heavy (non-hydrogen) atoms. The maximum absolute atomic E-state index is 12.1. The van der Waals surface area contributed by atoms with Gasteiger partial charge in [0.2, 0.25) is 0 Å². The van der Waals surface area contributed by atoms with E-state index in [1.54, 1.807) is 16.7 Å². The van der Waals surface area contributed by atoms with Crippen LogP contribution in [-0.2, 0) is 4.79 Å². The fourth-order valence-corrected chi connectivity index (χ4v) is 2.25. The van der Waals surface area contributed by atoms with Crippen LogP contribution in [0.5, 0.6) is 0 Å². The van der Waals surface area contributed by atoms with Gasteiger partial charge in [0.05, 0.1) is 5.41 Å². The van der Waals surface area contributed by atoms with Crippen LogP contribution in [0.15, 0.2) is 0 Å². The molecule has 0 bridgehead atoms. The molecule has 1 saturated carbocycles. The molecule has 1 aliphatic heterocycles. The van der Waals surface area contributed by atoms with Gasteiger partial charge in [-0.05, 0) is 32.6 Å². The lowest BCUT2D eigenvalue weighted by Crippen LogP contribution is -2.49. The number of carbonyl (C=O) groups excluding carboxylic acids is 1. The molecule has 1 N–H and O–H groups in total. The van der Waals surface area contributed by atoms with E-state index in [4.69, 9.17) is 5.11 Å². The molecule has 5 heteroatoms. The summed E-state index contributed by atoms with van der Waals surface area (Å²) in [6, 6.07) is 0.468. The number of rotatable bonds is 2. The molecule has 2 amide bonds. The largest absolute Gasteiger partial charge is 0.481 e. The van der Waals surface area contributed by atoms with Crippen molar-refractivity contribution >= 4 is 12.0 Å². The maximum atomic E-state index is 12.1. The molecule has 1 heterocycles. The first-order valence-electron chi connectivity index (χ1n) is 6.19. The van der Waals surface area contributed by atoms with Crippen LogP contribution in [0.1, 0.15) is 32.6 Å². The minimum absolute atomic E-state index is 0.0555. The number of carbonyl (C=O) groups is 2. The number of hydrogen-bond donors (Lipinski definition) is 1. The summed E-state index contributed by atoms with van der Waals surface area (Å²) < 4.78 is 0. The van der Waals surface area contributed by atoms with E-state index < -0.39 is 11.4 Å². The fourth-order valence-electron chi connectivity index (χ4n) is 2.25. The van der Waals surface area contributed by atoms with Gasteiger partial charge in [0.1, 0.15) is 0 Å². The highest BCUT2D eigenvalue weighted by molar-refractivity contribution is 5.77. The Hall–Kier alpha value is -1.26. The van der Waals surface area contributed by atoms with Gasteiger partial charge in [-0.3, -0.25) is 4.79 Å². The summed E-state index contributed by atoms with van der Waals surface area (Å²) in [6.45, 7) is 2.87. The third kappa shape index (κ3) is 2.37. The quantitative estimate of drug-likeness (QED) is 0.793. The molecule has 1 saturated heterocycles. The Morgan fingerprint density at radius 2 is 1.82 bits per heavy atom. The molecule has 0 spiro atoms. The monoisotopic (exact) mass is 240 g/mol. The van der Waals surface area contributed by atoms with Gasteiger partial charge in [-0.1, -0.05) is 0 Å². The molecule has 0 aromatic heterocycles. The summed E-state index contributed by atoms with van der Waals surface area (Å²) in [5.74, 6) is -0.750. The van der Waals surface area contributed by atoms with Crippen LogP contribution >= 0.6 is 0 Å². The van der Waals surface area contributed by atoms with Crippen LogP contribution in [0.25, 0.3) is 0 Å². The van der Waals surface area contributed by atoms with Gasteiger partial charge in [0.25, 0.3) is 0 Å². The van der Waals surface area contributed by atoms with Gasteiger partial charge in [0, 0.05) is 26.2 Å². The average Bonchev–Trinajstić information content (AvgIpc) is 3.12. The molecule has 0 aromatic rings. The van der Waals surface area contributed by atoms with Gasteiger partial charge >= 0.3 is 12.0 Å². The lowest BCUT2D eigenvalue weighted by molar-refractivity contribution is -0.150. The molecule has 96 valence electrons. The van der Waals surface area contributed by atoms with Crippen molar-refractivity contribution in [1.82, 2.24) is 9.80 Å². The van der Waals surface area contributed by atoms with E-state index in [1.165, 1.54) is 0 Å². The Kier molecular flexibility index (Phi) is 3.02. The first-order valence-corrected chi connectivity index (χ1v) is 6.19. The molecular weight excluding hydrogens is 220 g/mol. The Labute approximate surface area is 101 Å². The topological polar surface area (TPSA) is 60.9 Å². The number of carboxylic acids is 1. The highest BCUT2D eigenvalue weighted by atomic mass is 16.4. The minimum atomic E-state index is -0.750. The summed E-state index contributed by atoms with van der Waals surface area (Å²) in [7, 11) is 1.84. The number of hydrogen-bond acceptors (Lipinski definition) is 2. The van der Waals surface area contributed by atoms with Crippen molar-refractivity contribution in [3.8, 4) is 0 Å². The number of nitrogens with zero attached hydrogens (tertiary/aromatic N) is 2. The van der Waals surface area contributed by atoms with Crippen LogP contribution in [0, 0.1) is 5.41 Å². The van der Waals surface area contributed by atoms with Crippen molar-refractivity contribution in [3.05, 3.63) is 0 Å². The second-order valence-electron chi connectivity index (χ2n) is 5.48. The SMILES string of the molecule is CN(C(=O)N1CCC(C)(C(=O)O)CC1)C1CC1. The van der Waals surface area contributed by atoms with Crippen LogP contribution < -0.4 is 0 Å². The first kappa shape index (κ1) is 12.2. The Morgan fingerprint density at radius 1 is 1.29 bits per heavy atom. The van der Waals surface area contributed by atoms with Crippen LogP contribution in [0.3, 0.4) is 0 Å². The van der Waals surface area contributed by atoms with Crippen molar-refractivity contribution in [2.24, 2.45) is 5.41 Å². The zero-order chi connectivity index (χ0) is 12.6. The summed E-state index contributed by atoms with van der Waals surface area (Å²) in [5.41, 5.74) is -0.658. The third-order valence-corrected chi connectivity index (χ3v) is 4.05. The van der Waals surface area contributed by atoms with E-state index in [2.05, 4.69) is 0 Å². The van der Waals surface area contributed by atoms with E-state index in [9.17, 15) is 9.59 Å². The zero-order valence-electron chi connectivity index (χ0n) is 10.5. The number of amides is 2. The number of urea groups is 1. The smallest absolute Gasteiger partial charge is 0.319 e. The van der Waals surface area contributed by atoms with E-state index in [-0.39, 0.29) is 6.03 Å². The van der Waals surface area contributed by atoms with Gasteiger partial charge in [0.15, 0.2) is 0 Å². The van der Waals surface area contributed by atoms with E-state index in [0.717, 1.165) is 12.8 Å². The predicted molar refractivity (Wildman–Crippen MR) is 62.7 cm³/mol. The number of carboxylic acid groups (broad SMARTS) is 1. The van der Waals surface area contributed by atoms with Crippen molar-refractivity contribution in [2.75, 3.05) is 20.1 Å². The molecule has 0 radical (unpaired) electrons. The fraction of sp³-hybridized carbons (Fsp3) is 0.833. The Bertz CT molecular complexity index is 331. The van der Waals surface area contributed by atoms with E-state index >= 15 is 0 Å². The normalized spacial score (nSPS) is 23.3.